The molecule has 1 aliphatic heterocycles. The van der Waals surface area contributed by atoms with Crippen LogP contribution in [0.15, 0.2) is 72.3 Å². The summed E-state index contributed by atoms with van der Waals surface area (Å²) in [7, 11) is 0. The molecule has 0 spiro atoms. The molecule has 1 aromatic heterocycles. The van der Waals surface area contributed by atoms with Gasteiger partial charge in [0.1, 0.15) is 0 Å². The van der Waals surface area contributed by atoms with Crippen molar-refractivity contribution in [3.8, 4) is 11.4 Å². The number of hydrogen-bond acceptors (Lipinski definition) is 5. The molecule has 3 N–H and O–H groups in total. The van der Waals surface area contributed by atoms with Crippen LogP contribution in [-0.2, 0) is 19.4 Å². The lowest BCUT2D eigenvalue weighted by Crippen LogP contribution is -2.47. The number of nitrogens with zero attached hydrogens (tertiary/aromatic N) is 4. The molecule has 0 bridgehead atoms. The fourth-order valence-electron chi connectivity index (χ4n) is 6.67. The second-order valence-electron chi connectivity index (χ2n) is 11.0. The zero-order valence-electron chi connectivity index (χ0n) is 22.5. The molecule has 39 heavy (non-hydrogen) atoms. The summed E-state index contributed by atoms with van der Waals surface area (Å²) in [5, 5.41) is 10.5. The summed E-state index contributed by atoms with van der Waals surface area (Å²) in [5.41, 5.74) is 15.6. The van der Waals surface area contributed by atoms with Gasteiger partial charge in [-0.2, -0.15) is 5.10 Å². The van der Waals surface area contributed by atoms with Gasteiger partial charge in [-0.15, -0.1) is 0 Å². The highest BCUT2D eigenvalue weighted by molar-refractivity contribution is 6.00. The predicted molar refractivity (Wildman–Crippen MR) is 160 cm³/mol. The van der Waals surface area contributed by atoms with Gasteiger partial charge in [0.25, 0.3) is 0 Å². The number of hydrogen-bond donors (Lipinski definition) is 2. The number of nitrogens with one attached hydrogen (secondary N) is 1. The Kier molecular flexibility index (Phi) is 6.51. The average molecular weight is 517 g/mol. The van der Waals surface area contributed by atoms with Crippen molar-refractivity contribution in [1.29, 1.82) is 0 Å². The van der Waals surface area contributed by atoms with E-state index < -0.39 is 0 Å². The highest BCUT2D eigenvalue weighted by atomic mass is 15.3. The molecule has 7 rings (SSSR count). The summed E-state index contributed by atoms with van der Waals surface area (Å²) in [6, 6.07) is 19.7. The van der Waals surface area contributed by atoms with Crippen LogP contribution in [-0.4, -0.2) is 52.8 Å². The van der Waals surface area contributed by atoms with Crippen LogP contribution >= 0.6 is 0 Å². The number of H-pyrrole nitrogens is 1. The number of benzene rings is 3. The van der Waals surface area contributed by atoms with Crippen molar-refractivity contribution in [3.05, 3.63) is 94.8 Å². The van der Waals surface area contributed by atoms with E-state index in [1.807, 2.05) is 0 Å². The second-order valence-corrected chi connectivity index (χ2v) is 11.0. The van der Waals surface area contributed by atoms with Crippen molar-refractivity contribution in [2.45, 2.75) is 38.6 Å². The summed E-state index contributed by atoms with van der Waals surface area (Å²) in [5.74, 6) is 1.75. The Bertz CT molecular complexity index is 1570. The lowest BCUT2D eigenvalue weighted by molar-refractivity contribution is 0.259. The first-order valence-electron chi connectivity index (χ1n) is 14.4. The van der Waals surface area contributed by atoms with Crippen molar-refractivity contribution in [2.75, 3.05) is 37.6 Å². The van der Waals surface area contributed by atoms with Gasteiger partial charge in [-0.05, 0) is 64.8 Å². The Hall–Kier alpha value is -3.74. The lowest BCUT2D eigenvalue weighted by atomic mass is 9.79. The highest BCUT2D eigenvalue weighted by Gasteiger charge is 2.22. The van der Waals surface area contributed by atoms with Crippen molar-refractivity contribution in [3.63, 3.8) is 0 Å². The van der Waals surface area contributed by atoms with E-state index >= 15 is 0 Å². The molecule has 1 fully saturated rings. The maximum atomic E-state index is 5.97. The molecule has 0 saturated carbocycles. The number of aromatic amines is 1. The Morgan fingerprint density at radius 2 is 1.74 bits per heavy atom. The van der Waals surface area contributed by atoms with Crippen LogP contribution in [0.2, 0.25) is 0 Å². The summed E-state index contributed by atoms with van der Waals surface area (Å²) < 4.78 is 0. The summed E-state index contributed by atoms with van der Waals surface area (Å²) in [6.07, 6.45) is 10.2. The van der Waals surface area contributed by atoms with Crippen LogP contribution in [0.1, 0.15) is 41.8 Å². The number of para-hydroxylation sites is 1. The van der Waals surface area contributed by atoms with E-state index in [1.165, 1.54) is 58.0 Å². The number of fused-ring (bicyclic) bond motifs is 4. The van der Waals surface area contributed by atoms with Crippen molar-refractivity contribution >= 4 is 22.0 Å². The molecular formula is C33H36N6. The van der Waals surface area contributed by atoms with E-state index in [4.69, 9.17) is 10.7 Å². The number of aryl methyl sites for hydroxylation is 1. The molecule has 4 aromatic rings. The van der Waals surface area contributed by atoms with Crippen molar-refractivity contribution in [2.24, 2.45) is 5.73 Å². The standard InChI is InChI=1S/C33H36N6/c34-22-24-7-2-4-11-31(24)39-20-18-38(19-21-39)17-16-32-35-33(37-36-32)30-10-5-9-26-28-13-12-23-6-1-3-8-25(23)27(28)14-15-29(26)30/h2-5,7-11,14-15H,1,6,12-13,16-22,34H2,(H,35,36,37). The van der Waals surface area contributed by atoms with Crippen LogP contribution in [0.5, 0.6) is 0 Å². The van der Waals surface area contributed by atoms with Crippen LogP contribution in [0, 0.1) is 0 Å². The largest absolute Gasteiger partial charge is 0.369 e. The molecule has 0 amide bonds. The summed E-state index contributed by atoms with van der Waals surface area (Å²) in [6.45, 7) is 5.67. The van der Waals surface area contributed by atoms with Gasteiger partial charge in [0.05, 0.1) is 0 Å². The molecule has 0 radical (unpaired) electrons. The van der Waals surface area contributed by atoms with Crippen molar-refractivity contribution in [1.82, 2.24) is 20.1 Å². The van der Waals surface area contributed by atoms with E-state index in [0.717, 1.165) is 62.8 Å². The van der Waals surface area contributed by atoms with Gasteiger partial charge in [-0.1, -0.05) is 66.3 Å². The molecule has 2 aliphatic carbocycles. The van der Waals surface area contributed by atoms with E-state index in [2.05, 4.69) is 86.7 Å². The third-order valence-electron chi connectivity index (χ3n) is 8.78. The third-order valence-corrected chi connectivity index (χ3v) is 8.78. The van der Waals surface area contributed by atoms with Crippen LogP contribution in [0.4, 0.5) is 5.69 Å². The number of allylic oxidation sites excluding steroid dienone is 4. The zero-order chi connectivity index (χ0) is 26.2. The summed E-state index contributed by atoms with van der Waals surface area (Å²) >= 11 is 0. The molecule has 3 aromatic carbocycles. The normalized spacial score (nSPS) is 17.5. The highest BCUT2D eigenvalue weighted by Crippen LogP contribution is 2.41. The van der Waals surface area contributed by atoms with Crippen LogP contribution in [0.25, 0.3) is 27.7 Å². The number of aromatic nitrogens is 3. The Balaban J connectivity index is 1.04. The first kappa shape index (κ1) is 24.3. The quantitative estimate of drug-likeness (QED) is 0.354. The van der Waals surface area contributed by atoms with Crippen molar-refractivity contribution < 1.29 is 0 Å². The van der Waals surface area contributed by atoms with E-state index in [0.29, 0.717) is 6.54 Å². The molecule has 0 atom stereocenters. The maximum absolute atomic E-state index is 5.97. The van der Waals surface area contributed by atoms with Gasteiger partial charge in [0, 0.05) is 56.9 Å². The predicted octanol–water partition coefficient (Wildman–Crippen LogP) is 5.50. The molecule has 6 heteroatoms. The molecule has 1 saturated heterocycles. The smallest absolute Gasteiger partial charge is 0.156 e. The first-order valence-corrected chi connectivity index (χ1v) is 14.4. The fraction of sp³-hybridized carbons (Fsp3) is 0.333. The number of rotatable bonds is 6. The average Bonchev–Trinajstić information content (AvgIpc) is 3.48. The second kappa shape index (κ2) is 10.4. The van der Waals surface area contributed by atoms with Gasteiger partial charge in [-0.3, -0.25) is 10.00 Å². The van der Waals surface area contributed by atoms with Gasteiger partial charge < -0.3 is 10.6 Å². The Labute approximate surface area is 230 Å². The Morgan fingerprint density at radius 1 is 0.846 bits per heavy atom. The minimum atomic E-state index is 0.582. The summed E-state index contributed by atoms with van der Waals surface area (Å²) in [4.78, 5) is 9.92. The molecule has 6 nitrogen and oxygen atoms in total. The van der Waals surface area contributed by atoms with Crippen LogP contribution in [0.3, 0.4) is 0 Å². The maximum Gasteiger partial charge on any atom is 0.156 e. The molecule has 3 aliphatic rings. The Morgan fingerprint density at radius 3 is 2.64 bits per heavy atom. The number of piperazine rings is 1. The number of anilines is 1. The third kappa shape index (κ3) is 4.58. The number of nitrogens with two attached hydrogens (primary N) is 1. The first-order chi connectivity index (χ1) is 19.3. The van der Waals surface area contributed by atoms with Crippen LogP contribution < -0.4 is 10.6 Å². The van der Waals surface area contributed by atoms with Gasteiger partial charge in [0.15, 0.2) is 11.6 Å². The van der Waals surface area contributed by atoms with Gasteiger partial charge >= 0.3 is 0 Å². The molecule has 198 valence electrons. The van der Waals surface area contributed by atoms with Gasteiger partial charge in [-0.25, -0.2) is 4.98 Å². The SMILES string of the molecule is NCc1ccccc1N1CCN(CCc2n[nH]c(-c3cccc4c5c(ccc34)C3=C(CCC=C3)CC5)n2)CC1. The molecule has 0 unspecified atom stereocenters. The zero-order valence-corrected chi connectivity index (χ0v) is 22.5. The topological polar surface area (TPSA) is 74.1 Å². The molecule has 2 heterocycles. The lowest BCUT2D eigenvalue weighted by Gasteiger charge is -2.36. The van der Waals surface area contributed by atoms with E-state index in [1.54, 1.807) is 5.57 Å². The van der Waals surface area contributed by atoms with Gasteiger partial charge in [0.2, 0.25) is 0 Å². The van der Waals surface area contributed by atoms with E-state index in [-0.39, 0.29) is 0 Å². The molecular weight excluding hydrogens is 480 g/mol. The van der Waals surface area contributed by atoms with E-state index in [9.17, 15) is 0 Å². The minimum Gasteiger partial charge on any atom is -0.369 e. The minimum absolute atomic E-state index is 0.582. The monoisotopic (exact) mass is 516 g/mol. The fourth-order valence-corrected chi connectivity index (χ4v) is 6.67.